The van der Waals surface area contributed by atoms with Gasteiger partial charge in [-0.2, -0.15) is 0 Å². The third-order valence-electron chi connectivity index (χ3n) is 1.63. The van der Waals surface area contributed by atoms with Gasteiger partial charge >= 0.3 is 0 Å². The molecule has 1 rings (SSSR count). The average Bonchev–Trinajstić information content (AvgIpc) is 2.15. The zero-order valence-electron chi connectivity index (χ0n) is 6.73. The van der Waals surface area contributed by atoms with Crippen LogP contribution in [-0.4, -0.2) is 45.7 Å². The molecule has 0 bridgehead atoms. The molecule has 0 aromatic rings. The number of hydrogen-bond donors (Lipinski definition) is 1. The molecule has 0 radical (unpaired) electrons. The Bertz CT molecular complexity index is 113. The number of halogens is 1. The quantitative estimate of drug-likeness (QED) is 0.619. The molecule has 1 aliphatic rings. The Labute approximate surface area is 65.9 Å². The molecule has 66 valence electrons. The number of hydrogen-bond acceptors (Lipinski definition) is 3. The number of methoxy groups -OCH3 is 1. The van der Waals surface area contributed by atoms with Gasteiger partial charge in [-0.15, -0.1) is 0 Å². The van der Waals surface area contributed by atoms with E-state index in [0.717, 1.165) is 6.54 Å². The molecule has 0 aromatic heterocycles. The topological polar surface area (TPSA) is 30.5 Å². The van der Waals surface area contributed by atoms with E-state index in [-0.39, 0.29) is 13.2 Å². The molecule has 11 heavy (non-hydrogen) atoms. The minimum atomic E-state index is -1.34. The van der Waals surface area contributed by atoms with E-state index in [1.807, 2.05) is 0 Å². The largest absolute Gasteiger partial charge is 0.381 e. The fourth-order valence-electron chi connectivity index (χ4n) is 1.11. The first-order valence-corrected chi connectivity index (χ1v) is 3.73. The van der Waals surface area contributed by atoms with Crippen LogP contribution in [0.2, 0.25) is 0 Å². The van der Waals surface area contributed by atoms with Crippen molar-refractivity contribution in [2.24, 2.45) is 0 Å². The van der Waals surface area contributed by atoms with Gasteiger partial charge in [0.15, 0.2) is 5.67 Å². The van der Waals surface area contributed by atoms with Crippen LogP contribution < -0.4 is 5.32 Å². The predicted molar refractivity (Wildman–Crippen MR) is 39.4 cm³/mol. The lowest BCUT2D eigenvalue weighted by molar-refractivity contribution is -0.0152. The fourth-order valence-corrected chi connectivity index (χ4v) is 1.11. The van der Waals surface area contributed by atoms with E-state index in [2.05, 4.69) is 5.32 Å². The number of nitrogens with one attached hydrogen (secondary N) is 1. The van der Waals surface area contributed by atoms with Gasteiger partial charge in [-0.25, -0.2) is 4.39 Å². The van der Waals surface area contributed by atoms with Gasteiger partial charge in [-0.05, 0) is 0 Å². The highest BCUT2D eigenvalue weighted by atomic mass is 19.1. The van der Waals surface area contributed by atoms with Crippen molar-refractivity contribution >= 4 is 0 Å². The zero-order chi connectivity index (χ0) is 8.16. The lowest BCUT2D eigenvalue weighted by atomic mass is 10.1. The second-order valence-corrected chi connectivity index (χ2v) is 2.81. The summed E-state index contributed by atoms with van der Waals surface area (Å²) in [6, 6.07) is 0. The molecule has 0 spiro atoms. The van der Waals surface area contributed by atoms with Crippen LogP contribution in [0.15, 0.2) is 0 Å². The molecular formula is C7H14FNO2. The van der Waals surface area contributed by atoms with Crippen molar-refractivity contribution in [2.45, 2.75) is 5.67 Å². The molecule has 0 aliphatic carbocycles. The van der Waals surface area contributed by atoms with Gasteiger partial charge < -0.3 is 14.8 Å². The molecule has 1 heterocycles. The first-order valence-electron chi connectivity index (χ1n) is 3.73. The Hall–Kier alpha value is -0.190. The molecular weight excluding hydrogens is 149 g/mol. The van der Waals surface area contributed by atoms with Crippen LogP contribution in [0.4, 0.5) is 4.39 Å². The van der Waals surface area contributed by atoms with E-state index in [9.17, 15) is 4.39 Å². The molecule has 0 aromatic carbocycles. The van der Waals surface area contributed by atoms with Crippen LogP contribution in [0, 0.1) is 0 Å². The second kappa shape index (κ2) is 3.99. The Balaban J connectivity index is 2.38. The molecule has 0 amide bonds. The van der Waals surface area contributed by atoms with Crippen LogP contribution in [0.5, 0.6) is 0 Å². The van der Waals surface area contributed by atoms with E-state index in [4.69, 9.17) is 9.47 Å². The Morgan fingerprint density at radius 2 is 2.55 bits per heavy atom. The standard InChI is InChI=1S/C7H14FNO2/c1-10-5-7(8)4-9-2-3-11-6-7/h9H,2-6H2,1H3. The van der Waals surface area contributed by atoms with Gasteiger partial charge in [0, 0.05) is 20.2 Å². The predicted octanol–water partition coefficient (Wildman–Crippen LogP) is -0.0391. The first-order chi connectivity index (χ1) is 5.27. The molecule has 1 unspecified atom stereocenters. The Kier molecular flexibility index (Phi) is 3.23. The second-order valence-electron chi connectivity index (χ2n) is 2.81. The molecule has 1 fully saturated rings. The van der Waals surface area contributed by atoms with E-state index in [1.54, 1.807) is 0 Å². The minimum Gasteiger partial charge on any atom is -0.381 e. The van der Waals surface area contributed by atoms with E-state index in [1.165, 1.54) is 7.11 Å². The van der Waals surface area contributed by atoms with Crippen LogP contribution in [0.3, 0.4) is 0 Å². The monoisotopic (exact) mass is 163 g/mol. The van der Waals surface area contributed by atoms with Crippen molar-refractivity contribution in [3.05, 3.63) is 0 Å². The van der Waals surface area contributed by atoms with Crippen LogP contribution in [0.25, 0.3) is 0 Å². The molecule has 3 nitrogen and oxygen atoms in total. The Morgan fingerprint density at radius 1 is 1.73 bits per heavy atom. The summed E-state index contributed by atoms with van der Waals surface area (Å²) in [5.74, 6) is 0. The third-order valence-corrected chi connectivity index (χ3v) is 1.63. The van der Waals surface area contributed by atoms with Crippen LogP contribution in [-0.2, 0) is 9.47 Å². The van der Waals surface area contributed by atoms with Gasteiger partial charge in [0.05, 0.1) is 19.8 Å². The SMILES string of the molecule is COCC1(F)CNCCOC1. The van der Waals surface area contributed by atoms with E-state index >= 15 is 0 Å². The van der Waals surface area contributed by atoms with Gasteiger partial charge in [0.1, 0.15) is 0 Å². The molecule has 1 saturated heterocycles. The summed E-state index contributed by atoms with van der Waals surface area (Å²) >= 11 is 0. The average molecular weight is 163 g/mol. The van der Waals surface area contributed by atoms with Crippen molar-refractivity contribution in [1.29, 1.82) is 0 Å². The van der Waals surface area contributed by atoms with Gasteiger partial charge in [0.25, 0.3) is 0 Å². The third kappa shape index (κ3) is 2.73. The Morgan fingerprint density at radius 3 is 3.27 bits per heavy atom. The highest BCUT2D eigenvalue weighted by Gasteiger charge is 2.31. The van der Waals surface area contributed by atoms with Gasteiger partial charge in [-0.3, -0.25) is 0 Å². The van der Waals surface area contributed by atoms with Gasteiger partial charge in [-0.1, -0.05) is 0 Å². The van der Waals surface area contributed by atoms with Crippen molar-refractivity contribution in [2.75, 3.05) is 40.0 Å². The van der Waals surface area contributed by atoms with E-state index < -0.39 is 5.67 Å². The summed E-state index contributed by atoms with van der Waals surface area (Å²) in [7, 11) is 1.49. The maximum Gasteiger partial charge on any atom is 0.169 e. The lowest BCUT2D eigenvalue weighted by Crippen LogP contribution is -2.42. The van der Waals surface area contributed by atoms with Crippen molar-refractivity contribution < 1.29 is 13.9 Å². The highest BCUT2D eigenvalue weighted by Crippen LogP contribution is 2.12. The smallest absolute Gasteiger partial charge is 0.169 e. The van der Waals surface area contributed by atoms with Crippen LogP contribution in [0.1, 0.15) is 0 Å². The molecule has 1 N–H and O–H groups in total. The molecule has 4 heteroatoms. The molecule has 1 aliphatic heterocycles. The number of rotatable bonds is 2. The van der Waals surface area contributed by atoms with Crippen molar-refractivity contribution in [1.82, 2.24) is 5.32 Å². The molecule has 1 atom stereocenters. The molecule has 0 saturated carbocycles. The minimum absolute atomic E-state index is 0.0972. The highest BCUT2D eigenvalue weighted by molar-refractivity contribution is 4.83. The lowest BCUT2D eigenvalue weighted by Gasteiger charge is -2.21. The summed E-state index contributed by atoms with van der Waals surface area (Å²) < 4.78 is 23.3. The number of ether oxygens (including phenoxy) is 2. The maximum atomic E-state index is 13.5. The zero-order valence-corrected chi connectivity index (χ0v) is 6.73. The number of alkyl halides is 1. The summed E-state index contributed by atoms with van der Waals surface area (Å²) in [6.45, 7) is 1.85. The first kappa shape index (κ1) is 8.90. The van der Waals surface area contributed by atoms with Crippen molar-refractivity contribution in [3.63, 3.8) is 0 Å². The summed E-state index contributed by atoms with van der Waals surface area (Å²) in [6.07, 6.45) is 0. The summed E-state index contributed by atoms with van der Waals surface area (Å²) in [4.78, 5) is 0. The summed E-state index contributed by atoms with van der Waals surface area (Å²) in [5, 5.41) is 2.94. The van der Waals surface area contributed by atoms with Gasteiger partial charge in [0.2, 0.25) is 0 Å². The summed E-state index contributed by atoms with van der Waals surface area (Å²) in [5.41, 5.74) is -1.34. The normalized spacial score (nSPS) is 33.3. The maximum absolute atomic E-state index is 13.5. The van der Waals surface area contributed by atoms with E-state index in [0.29, 0.717) is 13.2 Å². The fraction of sp³-hybridized carbons (Fsp3) is 1.00. The van der Waals surface area contributed by atoms with Crippen LogP contribution >= 0.6 is 0 Å². The van der Waals surface area contributed by atoms with Crippen molar-refractivity contribution in [3.8, 4) is 0 Å².